The molecule has 164 valence electrons. The van der Waals surface area contributed by atoms with E-state index < -0.39 is 0 Å². The van der Waals surface area contributed by atoms with Gasteiger partial charge in [-0.2, -0.15) is 9.78 Å². The van der Waals surface area contributed by atoms with Gasteiger partial charge in [-0.1, -0.05) is 17.4 Å². The van der Waals surface area contributed by atoms with Crippen LogP contribution in [0.1, 0.15) is 22.1 Å². The van der Waals surface area contributed by atoms with E-state index in [0.29, 0.717) is 22.5 Å². The lowest BCUT2D eigenvalue weighted by Crippen LogP contribution is -2.15. The number of fused-ring (bicyclic) bond motifs is 2. The molecule has 8 nitrogen and oxygen atoms in total. The van der Waals surface area contributed by atoms with Crippen molar-refractivity contribution in [2.45, 2.75) is 12.2 Å². The molecule has 5 rings (SSSR count). The van der Waals surface area contributed by atoms with E-state index in [-0.39, 0.29) is 16.9 Å². The zero-order valence-electron chi connectivity index (χ0n) is 17.6. The number of phenolic OH excluding ortho intramolecular Hbond substituents is 1. The normalized spacial score (nSPS) is 15.8. The largest absolute Gasteiger partial charge is 0.504 e. The predicted molar refractivity (Wildman–Crippen MR) is 126 cm³/mol. The van der Waals surface area contributed by atoms with Gasteiger partial charge in [0.25, 0.3) is 0 Å². The molecule has 2 N–H and O–H groups in total. The summed E-state index contributed by atoms with van der Waals surface area (Å²) < 4.78 is 13.3. The number of nitrogens with zero attached hydrogens (tertiary/aromatic N) is 3. The Hall–Kier alpha value is -3.24. The van der Waals surface area contributed by atoms with Crippen LogP contribution in [0.3, 0.4) is 0 Å². The smallest absolute Gasteiger partial charge is 0.235 e. The van der Waals surface area contributed by atoms with E-state index in [0.717, 1.165) is 32.8 Å². The van der Waals surface area contributed by atoms with Crippen molar-refractivity contribution in [3.8, 4) is 22.4 Å². The summed E-state index contributed by atoms with van der Waals surface area (Å²) in [4.78, 5) is 17.3. The summed E-state index contributed by atoms with van der Waals surface area (Å²) in [5.74, 6) is 2.02. The lowest BCUT2D eigenvalue weighted by molar-refractivity contribution is -0.113. The van der Waals surface area contributed by atoms with Crippen LogP contribution < -0.4 is 14.8 Å². The summed E-state index contributed by atoms with van der Waals surface area (Å²) in [5, 5.41) is 18.3. The van der Waals surface area contributed by atoms with Crippen LogP contribution in [-0.2, 0) is 4.79 Å². The highest BCUT2D eigenvalue weighted by Gasteiger charge is 2.31. The van der Waals surface area contributed by atoms with Gasteiger partial charge >= 0.3 is 0 Å². The highest BCUT2D eigenvalue weighted by atomic mass is 32.2. The fourth-order valence-electron chi connectivity index (χ4n) is 3.75. The zero-order valence-corrected chi connectivity index (χ0v) is 19.2. The first-order valence-corrected chi connectivity index (χ1v) is 11.7. The Morgan fingerprint density at radius 2 is 2.03 bits per heavy atom. The number of methoxy groups -OCH3 is 2. The van der Waals surface area contributed by atoms with E-state index in [1.165, 1.54) is 30.2 Å². The maximum Gasteiger partial charge on any atom is 0.235 e. The van der Waals surface area contributed by atoms with Crippen LogP contribution in [0.15, 0.2) is 36.4 Å². The molecule has 1 amide bonds. The number of amides is 1. The molecule has 0 spiro atoms. The topological polar surface area (TPSA) is 98.5 Å². The van der Waals surface area contributed by atoms with Gasteiger partial charge in [0.1, 0.15) is 11.6 Å². The van der Waals surface area contributed by atoms with E-state index in [1.807, 2.05) is 31.2 Å². The van der Waals surface area contributed by atoms with Crippen molar-refractivity contribution in [2.75, 3.05) is 25.3 Å². The molecule has 2 aromatic carbocycles. The molecule has 3 heterocycles. The number of carbonyl (C=O) groups is 1. The lowest BCUT2D eigenvalue weighted by atomic mass is 10.0. The van der Waals surface area contributed by atoms with Gasteiger partial charge in [-0.25, -0.2) is 4.98 Å². The van der Waals surface area contributed by atoms with Crippen molar-refractivity contribution < 1.29 is 19.4 Å². The molecule has 0 saturated heterocycles. The molecule has 0 fully saturated rings. The minimum absolute atomic E-state index is 0.0709. The standard InChI is InChI=1S/C22H20N4O4S2/c1-11-19-20(12-4-7-15(27)16(8-12)30-3)31-10-18(28)24-21(19)26(25-11)22-23-14-6-5-13(29-2)9-17(14)32-22/h4-9,20,27H,10H2,1-3H3,(H,24,28)/t20-/m0/s1. The Morgan fingerprint density at radius 1 is 1.19 bits per heavy atom. The quantitative estimate of drug-likeness (QED) is 0.461. The molecule has 32 heavy (non-hydrogen) atoms. The number of ether oxygens (including phenoxy) is 2. The molecule has 1 atom stereocenters. The van der Waals surface area contributed by atoms with Gasteiger partial charge in [-0.3, -0.25) is 4.79 Å². The number of anilines is 1. The number of rotatable bonds is 4. The average Bonchev–Trinajstić information content (AvgIpc) is 3.29. The number of aromatic nitrogens is 3. The van der Waals surface area contributed by atoms with Crippen molar-refractivity contribution in [1.82, 2.24) is 14.8 Å². The van der Waals surface area contributed by atoms with Crippen LogP contribution >= 0.6 is 23.1 Å². The maximum atomic E-state index is 12.6. The Kier molecular flexibility index (Phi) is 5.18. The van der Waals surface area contributed by atoms with Crippen LogP contribution in [-0.4, -0.2) is 45.8 Å². The SMILES string of the molecule is COc1ccc2nc(-n3nc(C)c4c3NC(=O)CS[C@H]4c3ccc(O)c(OC)c3)sc2c1. The second-order valence-corrected chi connectivity index (χ2v) is 9.36. The van der Waals surface area contributed by atoms with Crippen LogP contribution in [0, 0.1) is 6.92 Å². The number of benzene rings is 2. The first-order valence-electron chi connectivity index (χ1n) is 9.81. The third-order valence-corrected chi connectivity index (χ3v) is 7.54. The number of hydrogen-bond donors (Lipinski definition) is 2. The van der Waals surface area contributed by atoms with Crippen LogP contribution in [0.4, 0.5) is 5.82 Å². The predicted octanol–water partition coefficient (Wildman–Crippen LogP) is 4.29. The molecule has 4 aromatic rings. The van der Waals surface area contributed by atoms with Gasteiger partial charge in [0.2, 0.25) is 11.0 Å². The van der Waals surface area contributed by atoms with Crippen molar-refractivity contribution in [2.24, 2.45) is 0 Å². The van der Waals surface area contributed by atoms with E-state index in [2.05, 4.69) is 5.32 Å². The van der Waals surface area contributed by atoms with Crippen molar-refractivity contribution >= 4 is 45.0 Å². The van der Waals surface area contributed by atoms with Gasteiger partial charge in [-0.05, 0) is 42.8 Å². The van der Waals surface area contributed by atoms with Crippen molar-refractivity contribution in [3.63, 3.8) is 0 Å². The molecule has 0 aliphatic carbocycles. The van der Waals surface area contributed by atoms with Gasteiger partial charge in [0, 0.05) is 5.56 Å². The minimum atomic E-state index is -0.165. The average molecular weight is 469 g/mol. The molecule has 1 aliphatic heterocycles. The molecule has 0 bridgehead atoms. The number of aromatic hydroxyl groups is 1. The Balaban J connectivity index is 1.66. The van der Waals surface area contributed by atoms with Crippen LogP contribution in [0.5, 0.6) is 17.2 Å². The molecule has 2 aromatic heterocycles. The van der Waals surface area contributed by atoms with E-state index in [9.17, 15) is 9.90 Å². The molecule has 1 aliphatic rings. The summed E-state index contributed by atoms with van der Waals surface area (Å²) in [6.07, 6.45) is 0. The molecule has 10 heteroatoms. The number of carbonyl (C=O) groups excluding carboxylic acids is 1. The molecular weight excluding hydrogens is 448 g/mol. The van der Waals surface area contributed by atoms with Crippen LogP contribution in [0.2, 0.25) is 0 Å². The van der Waals surface area contributed by atoms with Crippen molar-refractivity contribution in [3.05, 3.63) is 53.2 Å². The fraction of sp³-hybridized carbons (Fsp3) is 0.227. The monoisotopic (exact) mass is 468 g/mol. The summed E-state index contributed by atoms with van der Waals surface area (Å²) in [6.45, 7) is 1.92. The second-order valence-electron chi connectivity index (χ2n) is 7.26. The van der Waals surface area contributed by atoms with Gasteiger partial charge in [-0.15, -0.1) is 11.8 Å². The number of phenols is 1. The third-order valence-electron chi connectivity index (χ3n) is 5.28. The highest BCUT2D eigenvalue weighted by Crippen LogP contribution is 2.46. The lowest BCUT2D eigenvalue weighted by Gasteiger charge is -2.16. The third kappa shape index (κ3) is 3.45. The second kappa shape index (κ2) is 8.03. The number of aryl methyl sites for hydroxylation is 1. The summed E-state index contributed by atoms with van der Waals surface area (Å²) in [5.41, 5.74) is 3.45. The summed E-state index contributed by atoms with van der Waals surface area (Å²) in [7, 11) is 3.15. The fourth-order valence-corrected chi connectivity index (χ4v) is 5.88. The molecule has 0 radical (unpaired) electrons. The van der Waals surface area contributed by atoms with E-state index in [4.69, 9.17) is 19.6 Å². The Bertz CT molecular complexity index is 1350. The summed E-state index contributed by atoms with van der Waals surface area (Å²) in [6, 6.07) is 11.0. The minimum Gasteiger partial charge on any atom is -0.504 e. The van der Waals surface area contributed by atoms with E-state index >= 15 is 0 Å². The number of thioether (sulfide) groups is 1. The molecule has 0 saturated carbocycles. The Morgan fingerprint density at radius 3 is 2.81 bits per heavy atom. The number of thiazole rings is 1. The maximum absolute atomic E-state index is 12.6. The number of hydrogen-bond acceptors (Lipinski definition) is 8. The summed E-state index contributed by atoms with van der Waals surface area (Å²) >= 11 is 2.99. The number of nitrogens with one attached hydrogen (secondary N) is 1. The van der Waals surface area contributed by atoms with Gasteiger partial charge in [0.05, 0.1) is 41.1 Å². The van der Waals surface area contributed by atoms with Gasteiger partial charge in [0.15, 0.2) is 11.5 Å². The molecule has 0 unspecified atom stereocenters. The van der Waals surface area contributed by atoms with Crippen molar-refractivity contribution in [1.29, 1.82) is 0 Å². The molecular formula is C22H20N4O4S2. The van der Waals surface area contributed by atoms with Crippen LogP contribution in [0.25, 0.3) is 15.3 Å². The first kappa shape index (κ1) is 20.7. The Labute approximate surface area is 192 Å². The van der Waals surface area contributed by atoms with E-state index in [1.54, 1.807) is 23.9 Å². The zero-order chi connectivity index (χ0) is 22.4. The van der Waals surface area contributed by atoms with Gasteiger partial charge < -0.3 is 19.9 Å². The highest BCUT2D eigenvalue weighted by molar-refractivity contribution is 8.00. The first-order chi connectivity index (χ1) is 15.5.